The van der Waals surface area contributed by atoms with Gasteiger partial charge in [-0.15, -0.1) is 0 Å². The third-order valence-electron chi connectivity index (χ3n) is 1.40. The van der Waals surface area contributed by atoms with Crippen molar-refractivity contribution in [3.8, 4) is 0 Å². The van der Waals surface area contributed by atoms with Crippen LogP contribution in [0.25, 0.3) is 0 Å². The fraction of sp³-hybridized carbons (Fsp3) is 0.500. The molecule has 0 atom stereocenters. The normalized spacial score (nSPS) is 10.6. The molecule has 6 heteroatoms. The topological polar surface area (TPSA) is 76.3 Å². The van der Waals surface area contributed by atoms with Gasteiger partial charge in [0.2, 0.25) is 0 Å². The van der Waals surface area contributed by atoms with Gasteiger partial charge >= 0.3 is 0 Å². The van der Waals surface area contributed by atoms with Crippen LogP contribution in [0.2, 0.25) is 0 Å². The van der Waals surface area contributed by atoms with Crippen molar-refractivity contribution >= 4 is 11.6 Å². The number of ether oxygens (including phenoxy) is 1. The third kappa shape index (κ3) is 3.15. The van der Waals surface area contributed by atoms with Crippen molar-refractivity contribution in [2.24, 2.45) is 0 Å². The summed E-state index contributed by atoms with van der Waals surface area (Å²) in [4.78, 5) is 8.21. The van der Waals surface area contributed by atoms with Crippen LogP contribution in [-0.4, -0.2) is 36.2 Å². The number of hydrogen-bond acceptors (Lipinski definition) is 6. The van der Waals surface area contributed by atoms with E-state index in [2.05, 4.69) is 15.4 Å². The molecule has 6 nitrogen and oxygen atoms in total. The Morgan fingerprint density at radius 2 is 2.21 bits per heavy atom. The van der Waals surface area contributed by atoms with Crippen molar-refractivity contribution in [3.63, 3.8) is 0 Å². The molecule has 0 bridgehead atoms. The Bertz CT molecular complexity index is 302. The van der Waals surface area contributed by atoms with Gasteiger partial charge in [0.05, 0.1) is 0 Å². The predicted octanol–water partition coefficient (Wildman–Crippen LogP) is 0.0937. The zero-order valence-electron chi connectivity index (χ0n) is 8.61. The van der Waals surface area contributed by atoms with E-state index in [9.17, 15) is 0 Å². The number of nitrogens with two attached hydrogens (primary N) is 1. The largest absolute Gasteiger partial charge is 0.384 e. The molecular weight excluding hydrogens is 182 g/mol. The van der Waals surface area contributed by atoms with Crippen LogP contribution < -0.4 is 11.2 Å². The van der Waals surface area contributed by atoms with Crippen LogP contribution in [-0.2, 0) is 11.3 Å². The van der Waals surface area contributed by atoms with Gasteiger partial charge in [0.25, 0.3) is 0 Å². The van der Waals surface area contributed by atoms with Crippen molar-refractivity contribution in [2.45, 2.75) is 6.61 Å². The molecule has 0 spiro atoms. The smallest absolute Gasteiger partial charge is 0.158 e. The minimum Gasteiger partial charge on any atom is -0.384 e. The molecule has 3 N–H and O–H groups in total. The first-order valence-corrected chi connectivity index (χ1v) is 4.18. The van der Waals surface area contributed by atoms with Crippen LogP contribution in [0.3, 0.4) is 0 Å². The average molecular weight is 197 g/mol. The second-order valence-corrected chi connectivity index (χ2v) is 3.03. The van der Waals surface area contributed by atoms with Crippen LogP contribution in [0.15, 0.2) is 6.07 Å². The summed E-state index contributed by atoms with van der Waals surface area (Å²) < 4.78 is 4.92. The molecule has 0 saturated heterocycles. The number of anilines is 2. The molecule has 0 unspecified atom stereocenters. The summed E-state index contributed by atoms with van der Waals surface area (Å²) in [6.07, 6.45) is 0. The summed E-state index contributed by atoms with van der Waals surface area (Å²) in [7, 11) is 5.33. The Morgan fingerprint density at radius 3 is 2.79 bits per heavy atom. The lowest BCUT2D eigenvalue weighted by molar-refractivity contribution is 0.178. The number of aromatic nitrogens is 2. The highest BCUT2D eigenvalue weighted by Crippen LogP contribution is 2.08. The monoisotopic (exact) mass is 197 g/mol. The van der Waals surface area contributed by atoms with Gasteiger partial charge in [-0.3, -0.25) is 0 Å². The number of nitrogen functional groups attached to an aromatic ring is 1. The van der Waals surface area contributed by atoms with Gasteiger partial charge in [-0.05, 0) is 0 Å². The molecule has 1 heterocycles. The maximum Gasteiger partial charge on any atom is 0.158 e. The Kier molecular flexibility index (Phi) is 3.61. The lowest BCUT2D eigenvalue weighted by Crippen LogP contribution is -2.21. The average Bonchev–Trinajstić information content (AvgIpc) is 2.01. The van der Waals surface area contributed by atoms with Crippen molar-refractivity contribution in [1.29, 1.82) is 0 Å². The maximum absolute atomic E-state index is 5.60. The standard InChI is InChI=1S/C8H15N5O/c1-13(2)12-7-4-6(9)10-8(11-7)5-14-3/h4H,5H2,1-3H3,(H3,9,10,11,12). The molecule has 0 aliphatic carbocycles. The third-order valence-corrected chi connectivity index (χ3v) is 1.40. The van der Waals surface area contributed by atoms with Gasteiger partial charge in [-0.2, -0.15) is 0 Å². The lowest BCUT2D eigenvalue weighted by Gasteiger charge is -2.13. The molecule has 1 aromatic rings. The lowest BCUT2D eigenvalue weighted by atomic mass is 10.5. The van der Waals surface area contributed by atoms with Crippen molar-refractivity contribution in [3.05, 3.63) is 11.9 Å². The Hall–Kier alpha value is -1.40. The van der Waals surface area contributed by atoms with Gasteiger partial charge in [0, 0.05) is 27.3 Å². The van der Waals surface area contributed by atoms with Crippen molar-refractivity contribution in [2.75, 3.05) is 32.4 Å². The number of rotatable bonds is 4. The zero-order chi connectivity index (χ0) is 10.6. The first-order chi connectivity index (χ1) is 6.61. The van der Waals surface area contributed by atoms with Gasteiger partial charge in [-0.1, -0.05) is 0 Å². The summed E-state index contributed by atoms with van der Waals surface area (Å²) >= 11 is 0. The van der Waals surface area contributed by atoms with E-state index in [1.807, 2.05) is 14.1 Å². The molecule has 0 radical (unpaired) electrons. The number of hydrogen-bond donors (Lipinski definition) is 2. The Balaban J connectivity index is 2.83. The van der Waals surface area contributed by atoms with Crippen LogP contribution >= 0.6 is 0 Å². The summed E-state index contributed by atoms with van der Waals surface area (Å²) in [6, 6.07) is 1.67. The van der Waals surface area contributed by atoms with Gasteiger partial charge < -0.3 is 15.9 Å². The molecule has 0 aromatic carbocycles. The first-order valence-electron chi connectivity index (χ1n) is 4.18. The van der Waals surface area contributed by atoms with E-state index in [0.29, 0.717) is 24.1 Å². The molecule has 0 aliphatic rings. The van der Waals surface area contributed by atoms with E-state index in [-0.39, 0.29) is 0 Å². The van der Waals surface area contributed by atoms with E-state index >= 15 is 0 Å². The first kappa shape index (κ1) is 10.7. The molecule has 0 amide bonds. The van der Waals surface area contributed by atoms with E-state index < -0.39 is 0 Å². The minimum absolute atomic E-state index is 0.354. The summed E-state index contributed by atoms with van der Waals surface area (Å²) in [6.45, 7) is 0.354. The maximum atomic E-state index is 5.60. The quantitative estimate of drug-likeness (QED) is 0.666. The summed E-state index contributed by atoms with van der Waals surface area (Å²) in [5.41, 5.74) is 8.59. The fourth-order valence-electron chi connectivity index (χ4n) is 0.998. The molecule has 14 heavy (non-hydrogen) atoms. The Labute approximate surface area is 83.1 Å². The fourth-order valence-corrected chi connectivity index (χ4v) is 0.998. The van der Waals surface area contributed by atoms with Crippen molar-refractivity contribution < 1.29 is 4.74 Å². The second-order valence-electron chi connectivity index (χ2n) is 3.03. The zero-order valence-corrected chi connectivity index (χ0v) is 8.61. The number of nitrogens with one attached hydrogen (secondary N) is 1. The predicted molar refractivity (Wildman–Crippen MR) is 54.5 cm³/mol. The van der Waals surface area contributed by atoms with E-state index in [4.69, 9.17) is 10.5 Å². The number of nitrogens with zero attached hydrogens (tertiary/aromatic N) is 3. The molecule has 0 saturated carbocycles. The van der Waals surface area contributed by atoms with Gasteiger partial charge in [-0.25, -0.2) is 15.0 Å². The van der Waals surface area contributed by atoms with Crippen LogP contribution in [0.5, 0.6) is 0 Å². The highest BCUT2D eigenvalue weighted by molar-refractivity contribution is 5.43. The Morgan fingerprint density at radius 1 is 1.50 bits per heavy atom. The van der Waals surface area contributed by atoms with E-state index in [1.165, 1.54) is 0 Å². The molecule has 1 rings (SSSR count). The molecule has 0 aliphatic heterocycles. The molecular formula is C8H15N5O. The SMILES string of the molecule is COCc1nc(N)cc(NN(C)C)n1. The van der Waals surface area contributed by atoms with Gasteiger partial charge in [0.15, 0.2) is 5.82 Å². The van der Waals surface area contributed by atoms with Crippen LogP contribution in [0.4, 0.5) is 11.6 Å². The highest BCUT2D eigenvalue weighted by Gasteiger charge is 2.02. The van der Waals surface area contributed by atoms with Gasteiger partial charge in [0.1, 0.15) is 18.2 Å². The minimum atomic E-state index is 0.354. The number of methoxy groups -OCH3 is 1. The number of hydrazine groups is 1. The van der Waals surface area contributed by atoms with E-state index in [1.54, 1.807) is 18.2 Å². The van der Waals surface area contributed by atoms with E-state index in [0.717, 1.165) is 0 Å². The molecule has 78 valence electrons. The summed E-state index contributed by atoms with van der Waals surface area (Å²) in [5.74, 6) is 1.66. The molecule has 0 fully saturated rings. The second kappa shape index (κ2) is 4.73. The summed E-state index contributed by atoms with van der Waals surface area (Å²) in [5, 5.41) is 1.78. The van der Waals surface area contributed by atoms with Crippen molar-refractivity contribution in [1.82, 2.24) is 15.0 Å². The van der Waals surface area contributed by atoms with Crippen LogP contribution in [0, 0.1) is 0 Å². The molecule has 1 aromatic heterocycles. The highest BCUT2D eigenvalue weighted by atomic mass is 16.5. The van der Waals surface area contributed by atoms with Crippen LogP contribution in [0.1, 0.15) is 5.82 Å².